The molecule has 128 valence electrons. The van der Waals surface area contributed by atoms with E-state index in [1.165, 1.54) is 18.2 Å². The Bertz CT molecular complexity index is 1110. The number of nitrogens with zero attached hydrogens (tertiary/aromatic N) is 2. The van der Waals surface area contributed by atoms with Crippen molar-refractivity contribution in [2.45, 2.75) is 6.92 Å². The molecule has 0 aliphatic rings. The van der Waals surface area contributed by atoms with Crippen LogP contribution in [0.15, 0.2) is 60.9 Å². The Morgan fingerprint density at radius 2 is 2.04 bits per heavy atom. The molecular weight excluding hydrogens is 331 g/mol. The zero-order valence-electron chi connectivity index (χ0n) is 14.0. The van der Waals surface area contributed by atoms with Crippen LogP contribution >= 0.6 is 0 Å². The second-order valence-corrected chi connectivity index (χ2v) is 5.98. The van der Waals surface area contributed by atoms with Gasteiger partial charge < -0.3 is 10.3 Å². The van der Waals surface area contributed by atoms with Crippen LogP contribution in [0.5, 0.6) is 0 Å². The number of carbonyl (C=O) groups is 1. The molecule has 2 heterocycles. The highest BCUT2D eigenvalue weighted by Crippen LogP contribution is 2.22. The van der Waals surface area contributed by atoms with E-state index in [2.05, 4.69) is 20.3 Å². The quantitative estimate of drug-likeness (QED) is 0.580. The average molecular weight is 346 g/mol. The van der Waals surface area contributed by atoms with E-state index in [4.69, 9.17) is 0 Å². The standard InChI is InChI=1S/C20H15FN4O/c1-12-9-13(4-6-16(12)21)20(26)23-15-5-7-17-18(10-15)25-19(24-17)14-3-2-8-22-11-14/h2-11H,1H3,(H,23,26)(H,24,25). The van der Waals surface area contributed by atoms with Gasteiger partial charge in [-0.25, -0.2) is 9.37 Å². The third-order valence-electron chi connectivity index (χ3n) is 4.09. The molecule has 0 fully saturated rings. The first-order valence-electron chi connectivity index (χ1n) is 8.08. The Balaban J connectivity index is 1.61. The number of fused-ring (bicyclic) bond motifs is 1. The lowest BCUT2D eigenvalue weighted by molar-refractivity contribution is 0.102. The third-order valence-corrected chi connectivity index (χ3v) is 4.09. The first kappa shape index (κ1) is 16.0. The summed E-state index contributed by atoms with van der Waals surface area (Å²) < 4.78 is 13.4. The molecule has 4 aromatic rings. The summed E-state index contributed by atoms with van der Waals surface area (Å²) in [5.41, 5.74) is 3.95. The minimum atomic E-state index is -0.330. The number of aromatic amines is 1. The summed E-state index contributed by atoms with van der Waals surface area (Å²) in [6.07, 6.45) is 3.44. The van der Waals surface area contributed by atoms with Crippen LogP contribution in [0.3, 0.4) is 0 Å². The summed E-state index contributed by atoms with van der Waals surface area (Å²) >= 11 is 0. The molecule has 0 spiro atoms. The highest BCUT2D eigenvalue weighted by molar-refractivity contribution is 6.05. The number of nitrogens with one attached hydrogen (secondary N) is 2. The lowest BCUT2D eigenvalue weighted by atomic mass is 10.1. The molecule has 0 radical (unpaired) electrons. The van der Waals surface area contributed by atoms with E-state index in [9.17, 15) is 9.18 Å². The monoisotopic (exact) mass is 346 g/mol. The summed E-state index contributed by atoms with van der Waals surface area (Å²) in [5.74, 6) is 0.0912. The SMILES string of the molecule is Cc1cc(C(=O)Nc2ccc3nc(-c4cccnc4)[nH]c3c2)ccc1F. The minimum Gasteiger partial charge on any atom is -0.338 e. The summed E-state index contributed by atoms with van der Waals surface area (Å²) in [4.78, 5) is 24.2. The van der Waals surface area contributed by atoms with E-state index < -0.39 is 0 Å². The fraction of sp³-hybridized carbons (Fsp3) is 0.0500. The van der Waals surface area contributed by atoms with Gasteiger partial charge in [0.25, 0.3) is 5.91 Å². The number of H-pyrrole nitrogens is 1. The average Bonchev–Trinajstić information content (AvgIpc) is 3.08. The third kappa shape index (κ3) is 3.04. The molecule has 5 nitrogen and oxygen atoms in total. The van der Waals surface area contributed by atoms with Crippen LogP contribution in [-0.4, -0.2) is 20.9 Å². The molecule has 2 aromatic heterocycles. The predicted molar refractivity (Wildman–Crippen MR) is 98.4 cm³/mol. The van der Waals surface area contributed by atoms with Crippen molar-refractivity contribution in [2.24, 2.45) is 0 Å². The first-order chi connectivity index (χ1) is 12.6. The molecule has 0 saturated carbocycles. The van der Waals surface area contributed by atoms with Gasteiger partial charge in [-0.1, -0.05) is 0 Å². The molecule has 6 heteroatoms. The molecule has 1 amide bonds. The Morgan fingerprint density at radius 1 is 1.15 bits per heavy atom. The number of aryl methyl sites for hydroxylation is 1. The molecule has 2 aromatic carbocycles. The zero-order chi connectivity index (χ0) is 18.1. The summed E-state index contributed by atoms with van der Waals surface area (Å²) in [6.45, 7) is 1.63. The number of carbonyl (C=O) groups excluding carboxylic acids is 1. The van der Waals surface area contributed by atoms with Crippen LogP contribution in [0.1, 0.15) is 15.9 Å². The molecule has 0 aliphatic carbocycles. The summed E-state index contributed by atoms with van der Waals surface area (Å²) in [6, 6.07) is 13.5. The van der Waals surface area contributed by atoms with Gasteiger partial charge in [0.05, 0.1) is 11.0 Å². The second-order valence-electron chi connectivity index (χ2n) is 5.98. The van der Waals surface area contributed by atoms with Gasteiger partial charge in [-0.05, 0) is 61.0 Å². The van der Waals surface area contributed by atoms with Crippen LogP contribution in [0.4, 0.5) is 10.1 Å². The first-order valence-corrected chi connectivity index (χ1v) is 8.08. The van der Waals surface area contributed by atoms with Crippen molar-refractivity contribution in [3.8, 4) is 11.4 Å². The van der Waals surface area contributed by atoms with Crippen molar-refractivity contribution < 1.29 is 9.18 Å². The van der Waals surface area contributed by atoms with Crippen LogP contribution in [0.2, 0.25) is 0 Å². The van der Waals surface area contributed by atoms with E-state index in [0.717, 1.165) is 16.6 Å². The molecule has 4 rings (SSSR count). The maximum Gasteiger partial charge on any atom is 0.255 e. The Hall–Kier alpha value is -3.54. The molecule has 0 bridgehead atoms. The van der Waals surface area contributed by atoms with Gasteiger partial charge in [-0.3, -0.25) is 9.78 Å². The number of hydrogen-bond acceptors (Lipinski definition) is 3. The van der Waals surface area contributed by atoms with Crippen LogP contribution in [0, 0.1) is 12.7 Å². The maximum absolute atomic E-state index is 13.4. The van der Waals surface area contributed by atoms with Crippen molar-refractivity contribution in [3.63, 3.8) is 0 Å². The van der Waals surface area contributed by atoms with Gasteiger partial charge in [0.1, 0.15) is 11.6 Å². The van der Waals surface area contributed by atoms with Crippen LogP contribution in [-0.2, 0) is 0 Å². The van der Waals surface area contributed by atoms with Gasteiger partial charge in [-0.2, -0.15) is 0 Å². The molecule has 0 unspecified atom stereocenters. The predicted octanol–water partition coefficient (Wildman–Crippen LogP) is 4.32. The lowest BCUT2D eigenvalue weighted by Crippen LogP contribution is -2.12. The number of imidazole rings is 1. The lowest BCUT2D eigenvalue weighted by Gasteiger charge is -2.06. The number of amides is 1. The topological polar surface area (TPSA) is 70.7 Å². The van der Waals surface area contributed by atoms with E-state index in [1.807, 2.05) is 24.3 Å². The summed E-state index contributed by atoms with van der Waals surface area (Å²) in [5, 5.41) is 2.82. The largest absolute Gasteiger partial charge is 0.338 e. The van der Waals surface area contributed by atoms with Gasteiger partial charge in [0, 0.05) is 29.2 Å². The molecule has 0 saturated heterocycles. The molecule has 0 aliphatic heterocycles. The number of pyridine rings is 1. The normalized spacial score (nSPS) is 10.8. The van der Waals surface area contributed by atoms with E-state index >= 15 is 0 Å². The van der Waals surface area contributed by atoms with Gasteiger partial charge >= 0.3 is 0 Å². The number of anilines is 1. The highest BCUT2D eigenvalue weighted by Gasteiger charge is 2.10. The fourth-order valence-electron chi connectivity index (χ4n) is 2.72. The number of benzene rings is 2. The Kier molecular flexibility index (Phi) is 3.93. The van der Waals surface area contributed by atoms with Crippen molar-refractivity contribution >= 4 is 22.6 Å². The van der Waals surface area contributed by atoms with E-state index in [-0.39, 0.29) is 11.7 Å². The van der Waals surface area contributed by atoms with E-state index in [1.54, 1.807) is 25.4 Å². The van der Waals surface area contributed by atoms with E-state index in [0.29, 0.717) is 22.6 Å². The van der Waals surface area contributed by atoms with Crippen molar-refractivity contribution in [3.05, 3.63) is 77.9 Å². The van der Waals surface area contributed by atoms with Crippen molar-refractivity contribution in [1.82, 2.24) is 15.0 Å². The van der Waals surface area contributed by atoms with Crippen molar-refractivity contribution in [1.29, 1.82) is 0 Å². The molecule has 2 N–H and O–H groups in total. The maximum atomic E-state index is 13.4. The Morgan fingerprint density at radius 3 is 2.81 bits per heavy atom. The Labute approximate surface area is 148 Å². The second kappa shape index (κ2) is 6.40. The van der Waals surface area contributed by atoms with Gasteiger partial charge in [0.2, 0.25) is 0 Å². The number of aromatic nitrogens is 3. The van der Waals surface area contributed by atoms with Gasteiger partial charge in [-0.15, -0.1) is 0 Å². The number of halogens is 1. The highest BCUT2D eigenvalue weighted by atomic mass is 19.1. The van der Waals surface area contributed by atoms with Gasteiger partial charge in [0.15, 0.2) is 0 Å². The van der Waals surface area contributed by atoms with Crippen LogP contribution < -0.4 is 5.32 Å². The molecule has 26 heavy (non-hydrogen) atoms. The molecular formula is C20H15FN4O. The molecule has 0 atom stereocenters. The fourth-order valence-corrected chi connectivity index (χ4v) is 2.72. The zero-order valence-corrected chi connectivity index (χ0v) is 14.0. The van der Waals surface area contributed by atoms with Crippen LogP contribution in [0.25, 0.3) is 22.4 Å². The number of rotatable bonds is 3. The summed E-state index contributed by atoms with van der Waals surface area (Å²) in [7, 11) is 0. The number of hydrogen-bond donors (Lipinski definition) is 2. The smallest absolute Gasteiger partial charge is 0.255 e. The minimum absolute atomic E-state index is 0.292. The van der Waals surface area contributed by atoms with Crippen molar-refractivity contribution in [2.75, 3.05) is 5.32 Å².